The topological polar surface area (TPSA) is 119 Å². The van der Waals surface area contributed by atoms with Gasteiger partial charge in [-0.1, -0.05) is 23.2 Å². The summed E-state index contributed by atoms with van der Waals surface area (Å²) in [5.41, 5.74) is -1.22. The standard InChI is InChI=1S/C25H33Cl2N5O6/c1-24(2,3)38-23(34)32-9-16(7-18(32)21-19(37-15-36-4)6-5-17(26)22(21)27)8-20(33)30-10-25(35,11-30)12-31-14-28-13-29-31/h5-6,13-14,16,18,35H,7-12,15H2,1-4H3/t16-,18+/m0/s1. The van der Waals surface area contributed by atoms with Gasteiger partial charge >= 0.3 is 6.09 Å². The van der Waals surface area contributed by atoms with Crippen LogP contribution >= 0.6 is 23.2 Å². The summed E-state index contributed by atoms with van der Waals surface area (Å²) in [6.07, 6.45) is 3.05. The zero-order chi connectivity index (χ0) is 27.7. The predicted octanol–water partition coefficient (Wildman–Crippen LogP) is 3.53. The van der Waals surface area contributed by atoms with E-state index in [1.807, 2.05) is 0 Å². The quantitative estimate of drug-likeness (QED) is 0.479. The van der Waals surface area contributed by atoms with Crippen molar-refractivity contribution in [3.8, 4) is 5.75 Å². The van der Waals surface area contributed by atoms with Gasteiger partial charge in [0.2, 0.25) is 5.91 Å². The lowest BCUT2D eigenvalue weighted by Crippen LogP contribution is -2.65. The van der Waals surface area contributed by atoms with Crippen molar-refractivity contribution in [3.05, 3.63) is 40.4 Å². The molecule has 2 fully saturated rings. The zero-order valence-electron chi connectivity index (χ0n) is 21.9. The zero-order valence-corrected chi connectivity index (χ0v) is 23.4. The number of aliphatic hydroxyl groups is 1. The number of rotatable bonds is 8. The number of methoxy groups -OCH3 is 1. The molecular formula is C25H33Cl2N5O6. The number of ether oxygens (including phenoxy) is 3. The molecule has 38 heavy (non-hydrogen) atoms. The molecule has 0 saturated carbocycles. The van der Waals surface area contributed by atoms with Crippen molar-refractivity contribution in [2.75, 3.05) is 33.5 Å². The minimum Gasteiger partial charge on any atom is -0.467 e. The first kappa shape index (κ1) is 28.4. The molecule has 2 aliphatic heterocycles. The number of amides is 2. The van der Waals surface area contributed by atoms with Crippen molar-refractivity contribution in [2.24, 2.45) is 5.92 Å². The Morgan fingerprint density at radius 3 is 2.61 bits per heavy atom. The van der Waals surface area contributed by atoms with Gasteiger partial charge in [-0.05, 0) is 45.2 Å². The van der Waals surface area contributed by atoms with Gasteiger partial charge in [0.25, 0.3) is 0 Å². The van der Waals surface area contributed by atoms with Crippen LogP contribution in [0.5, 0.6) is 5.75 Å². The van der Waals surface area contributed by atoms with Crippen molar-refractivity contribution in [3.63, 3.8) is 0 Å². The molecule has 1 N–H and O–H groups in total. The second-order valence-corrected chi connectivity index (χ2v) is 11.6. The summed E-state index contributed by atoms with van der Waals surface area (Å²) >= 11 is 13.0. The lowest BCUT2D eigenvalue weighted by Gasteiger charge is -2.46. The maximum absolute atomic E-state index is 13.3. The average Bonchev–Trinajstić information content (AvgIpc) is 3.47. The molecule has 13 heteroatoms. The Kier molecular flexibility index (Phi) is 8.41. The van der Waals surface area contributed by atoms with Crippen LogP contribution in [0.2, 0.25) is 10.0 Å². The number of benzene rings is 1. The third-order valence-corrected chi connectivity index (χ3v) is 7.30. The Balaban J connectivity index is 1.50. The van der Waals surface area contributed by atoms with E-state index in [0.29, 0.717) is 22.8 Å². The molecule has 1 aromatic carbocycles. The number of halogens is 2. The summed E-state index contributed by atoms with van der Waals surface area (Å²) in [5, 5.41) is 15.3. The van der Waals surface area contributed by atoms with Crippen LogP contribution < -0.4 is 4.74 Å². The molecule has 2 aromatic rings. The second-order valence-electron chi connectivity index (χ2n) is 10.8. The highest BCUT2D eigenvalue weighted by Crippen LogP contribution is 2.46. The number of hydrogen-bond acceptors (Lipinski definition) is 8. The van der Waals surface area contributed by atoms with Crippen LogP contribution in [0.3, 0.4) is 0 Å². The van der Waals surface area contributed by atoms with Crippen LogP contribution in [0.4, 0.5) is 4.79 Å². The monoisotopic (exact) mass is 569 g/mol. The molecule has 0 aliphatic carbocycles. The van der Waals surface area contributed by atoms with Crippen molar-refractivity contribution in [1.29, 1.82) is 0 Å². The first-order valence-corrected chi connectivity index (χ1v) is 13.1. The summed E-state index contributed by atoms with van der Waals surface area (Å²) in [4.78, 5) is 33.4. The van der Waals surface area contributed by atoms with Crippen molar-refractivity contribution >= 4 is 35.2 Å². The molecule has 3 heterocycles. The summed E-state index contributed by atoms with van der Waals surface area (Å²) in [6, 6.07) is 2.78. The number of likely N-dealkylation sites (tertiary alicyclic amines) is 2. The van der Waals surface area contributed by atoms with Gasteiger partial charge in [0, 0.05) is 25.6 Å². The Hall–Kier alpha value is -2.60. The van der Waals surface area contributed by atoms with E-state index in [1.54, 1.807) is 47.4 Å². The Morgan fingerprint density at radius 1 is 1.24 bits per heavy atom. The van der Waals surface area contributed by atoms with Gasteiger partial charge in [0.15, 0.2) is 6.79 Å². The molecule has 4 rings (SSSR count). The SMILES string of the molecule is COCOc1ccc(Cl)c(Cl)c1[C@H]1C[C@@H](CC(=O)N2CC(O)(Cn3cncn3)C2)CN1C(=O)OC(C)(C)C. The molecule has 0 radical (unpaired) electrons. The number of β-amino-alcohol motifs (C(OH)–C–C–N with tert-alkyl or cyclic N) is 1. The van der Waals surface area contributed by atoms with E-state index >= 15 is 0 Å². The number of carbonyl (C=O) groups excluding carboxylic acids is 2. The highest BCUT2D eigenvalue weighted by atomic mass is 35.5. The smallest absolute Gasteiger partial charge is 0.410 e. The van der Waals surface area contributed by atoms with E-state index in [9.17, 15) is 14.7 Å². The Morgan fingerprint density at radius 2 is 1.97 bits per heavy atom. The summed E-state index contributed by atoms with van der Waals surface area (Å²) in [6.45, 7) is 6.31. The van der Waals surface area contributed by atoms with Gasteiger partial charge in [-0.2, -0.15) is 5.10 Å². The fourth-order valence-electron chi connectivity index (χ4n) is 4.91. The number of aromatic nitrogens is 3. The van der Waals surface area contributed by atoms with Gasteiger partial charge in [-0.25, -0.2) is 14.5 Å². The van der Waals surface area contributed by atoms with E-state index in [4.69, 9.17) is 37.4 Å². The van der Waals surface area contributed by atoms with Gasteiger partial charge in [-0.15, -0.1) is 0 Å². The third-order valence-electron chi connectivity index (χ3n) is 6.48. The van der Waals surface area contributed by atoms with E-state index in [0.717, 1.165) is 0 Å². The van der Waals surface area contributed by atoms with Gasteiger partial charge in [0.05, 0.1) is 35.7 Å². The van der Waals surface area contributed by atoms with E-state index < -0.39 is 23.3 Å². The lowest BCUT2D eigenvalue weighted by atomic mass is 9.91. The maximum Gasteiger partial charge on any atom is 0.410 e. The molecule has 2 amide bonds. The van der Waals surface area contributed by atoms with Crippen LogP contribution in [0.1, 0.15) is 45.2 Å². The van der Waals surface area contributed by atoms with Crippen LogP contribution in [0.25, 0.3) is 0 Å². The second kappa shape index (κ2) is 11.3. The Labute approximate surface area is 231 Å². The van der Waals surface area contributed by atoms with Gasteiger partial charge < -0.3 is 29.1 Å². The first-order valence-electron chi connectivity index (χ1n) is 12.3. The fourth-order valence-corrected chi connectivity index (χ4v) is 5.35. The highest BCUT2D eigenvalue weighted by molar-refractivity contribution is 6.42. The summed E-state index contributed by atoms with van der Waals surface area (Å²) in [7, 11) is 1.50. The van der Waals surface area contributed by atoms with Crippen molar-refractivity contribution in [2.45, 2.75) is 57.4 Å². The number of carbonyl (C=O) groups is 2. The van der Waals surface area contributed by atoms with Crippen LogP contribution in [-0.2, 0) is 20.8 Å². The summed E-state index contributed by atoms with van der Waals surface area (Å²) in [5.74, 6) is 0.165. The normalized spacial score (nSPS) is 20.8. The molecule has 2 atom stereocenters. The van der Waals surface area contributed by atoms with Crippen molar-refractivity contribution < 1.29 is 28.9 Å². The number of hydrogen-bond donors (Lipinski definition) is 1. The number of nitrogens with zero attached hydrogens (tertiary/aromatic N) is 5. The molecule has 0 unspecified atom stereocenters. The maximum atomic E-state index is 13.3. The average molecular weight is 570 g/mol. The van der Waals surface area contributed by atoms with Crippen LogP contribution in [0.15, 0.2) is 24.8 Å². The third kappa shape index (κ3) is 6.51. The minimum atomic E-state index is -1.05. The molecule has 2 saturated heterocycles. The lowest BCUT2D eigenvalue weighted by molar-refractivity contribution is -0.159. The minimum absolute atomic E-state index is 0.0154. The van der Waals surface area contributed by atoms with Gasteiger partial charge in [-0.3, -0.25) is 4.79 Å². The molecule has 1 aromatic heterocycles. The largest absolute Gasteiger partial charge is 0.467 e. The van der Waals surface area contributed by atoms with Crippen LogP contribution in [-0.4, -0.2) is 86.4 Å². The van der Waals surface area contributed by atoms with Crippen molar-refractivity contribution in [1.82, 2.24) is 24.6 Å². The molecule has 0 bridgehead atoms. The molecule has 11 nitrogen and oxygen atoms in total. The van der Waals surface area contributed by atoms with Crippen LogP contribution in [0, 0.1) is 5.92 Å². The van der Waals surface area contributed by atoms with E-state index in [2.05, 4.69) is 10.1 Å². The summed E-state index contributed by atoms with van der Waals surface area (Å²) < 4.78 is 18.0. The van der Waals surface area contributed by atoms with E-state index in [1.165, 1.54) is 19.8 Å². The van der Waals surface area contributed by atoms with E-state index in [-0.39, 0.29) is 56.2 Å². The molecule has 208 valence electrons. The predicted molar refractivity (Wildman–Crippen MR) is 139 cm³/mol. The fraction of sp³-hybridized carbons (Fsp3) is 0.600. The molecule has 0 spiro atoms. The molecular weight excluding hydrogens is 537 g/mol. The molecule has 2 aliphatic rings. The highest BCUT2D eigenvalue weighted by Gasteiger charge is 2.46. The van der Waals surface area contributed by atoms with Gasteiger partial charge in [0.1, 0.15) is 29.6 Å². The Bertz CT molecular complexity index is 1150. The first-order chi connectivity index (χ1) is 17.9.